The monoisotopic (exact) mass is 596 g/mol. The minimum atomic E-state index is -2.90. The van der Waals surface area contributed by atoms with Gasteiger partial charge in [-0.2, -0.15) is 0 Å². The van der Waals surface area contributed by atoms with Gasteiger partial charge >= 0.3 is 5.69 Å². The largest absolute Gasteiger partial charge is 0.407 e. The molecule has 1 aliphatic heterocycles. The molecule has 1 aromatic heterocycles. The number of aliphatic hydroxyl groups is 1. The molecular weight excluding hydrogens is 553 g/mol. The lowest BCUT2D eigenvalue weighted by Gasteiger charge is -2.43. The summed E-state index contributed by atoms with van der Waals surface area (Å²) in [7, 11) is -5.30. The number of benzene rings is 2. The molecule has 0 aliphatic carbocycles. The van der Waals surface area contributed by atoms with E-state index in [0.29, 0.717) is 0 Å². The second kappa shape index (κ2) is 11.6. The van der Waals surface area contributed by atoms with Crippen LogP contribution >= 0.6 is 0 Å². The molecule has 222 valence electrons. The number of aliphatic hydroxyl groups excluding tert-OH is 1. The van der Waals surface area contributed by atoms with Gasteiger partial charge in [-0.25, -0.2) is 4.79 Å². The van der Waals surface area contributed by atoms with E-state index in [1.807, 2.05) is 36.4 Å². The van der Waals surface area contributed by atoms with Gasteiger partial charge in [-0.1, -0.05) is 102 Å². The highest BCUT2D eigenvalue weighted by molar-refractivity contribution is 6.99. The van der Waals surface area contributed by atoms with E-state index in [1.54, 1.807) is 0 Å². The summed E-state index contributed by atoms with van der Waals surface area (Å²) in [6.07, 6.45) is -2.20. The Kier molecular flexibility index (Phi) is 8.85. The third-order valence-corrected chi connectivity index (χ3v) is 18.0. The number of hydrogen-bond acceptors (Lipinski definition) is 6. The van der Waals surface area contributed by atoms with Gasteiger partial charge in [0.2, 0.25) is 0 Å². The number of hydrogen-bond donors (Lipinski definition) is 2. The van der Waals surface area contributed by atoms with Crippen LogP contribution < -0.4 is 21.6 Å². The zero-order valence-electron chi connectivity index (χ0n) is 25.4. The van der Waals surface area contributed by atoms with E-state index < -0.39 is 52.4 Å². The second-order valence-electron chi connectivity index (χ2n) is 13.4. The van der Waals surface area contributed by atoms with Crippen LogP contribution in [0, 0.1) is 0 Å². The van der Waals surface area contributed by atoms with E-state index in [-0.39, 0.29) is 16.7 Å². The van der Waals surface area contributed by atoms with Crippen LogP contribution in [0.1, 0.15) is 47.8 Å². The Balaban J connectivity index is 1.75. The van der Waals surface area contributed by atoms with Gasteiger partial charge in [-0.05, 0) is 33.5 Å². The van der Waals surface area contributed by atoms with Crippen molar-refractivity contribution in [1.82, 2.24) is 9.55 Å². The lowest BCUT2D eigenvalue weighted by molar-refractivity contribution is -0.0510. The Morgan fingerprint density at radius 3 is 1.88 bits per heavy atom. The molecule has 2 N–H and O–H groups in total. The number of aromatic nitrogens is 2. The average Bonchev–Trinajstić information content (AvgIpc) is 3.18. The highest BCUT2D eigenvalue weighted by Gasteiger charge is 2.54. The minimum Gasteiger partial charge on any atom is -0.407 e. The summed E-state index contributed by atoms with van der Waals surface area (Å²) in [6.45, 7) is 17.2. The van der Waals surface area contributed by atoms with Gasteiger partial charge in [0.1, 0.15) is 18.3 Å². The molecule has 0 bridgehead atoms. The molecule has 41 heavy (non-hydrogen) atoms. The summed E-state index contributed by atoms with van der Waals surface area (Å²) in [6, 6.07) is 21.8. The summed E-state index contributed by atoms with van der Waals surface area (Å²) in [5.74, 6) is 0. The molecule has 1 aliphatic rings. The molecule has 0 radical (unpaired) electrons. The van der Waals surface area contributed by atoms with Crippen LogP contribution in [0.4, 0.5) is 0 Å². The molecule has 10 heteroatoms. The number of rotatable bonds is 8. The molecular formula is C31H44N2O6Si2. The first-order valence-electron chi connectivity index (χ1n) is 14.2. The van der Waals surface area contributed by atoms with Crippen LogP contribution in [0.15, 0.2) is 82.5 Å². The highest BCUT2D eigenvalue weighted by Crippen LogP contribution is 2.42. The van der Waals surface area contributed by atoms with Gasteiger partial charge in [0.15, 0.2) is 14.5 Å². The lowest BCUT2D eigenvalue weighted by atomic mass is 10.1. The third kappa shape index (κ3) is 6.13. The first kappa shape index (κ1) is 31.3. The Bertz CT molecular complexity index is 1390. The van der Waals surface area contributed by atoms with Crippen molar-refractivity contribution in [2.24, 2.45) is 0 Å². The number of aromatic amines is 1. The van der Waals surface area contributed by atoms with Crippen LogP contribution in [0.3, 0.4) is 0 Å². The Hall–Kier alpha value is -2.61. The number of nitrogens with zero attached hydrogens (tertiary/aromatic N) is 1. The van der Waals surface area contributed by atoms with Gasteiger partial charge in [0.05, 0.1) is 6.61 Å². The van der Waals surface area contributed by atoms with Gasteiger partial charge < -0.3 is 18.7 Å². The fraction of sp³-hybridized carbons (Fsp3) is 0.484. The Labute approximate surface area is 244 Å². The average molecular weight is 597 g/mol. The van der Waals surface area contributed by atoms with Crippen molar-refractivity contribution >= 4 is 27.0 Å². The SMILES string of the molecule is CC(C)(C)[Si](C)(C)O[C@@H]1[C@H](O)[C@@H](CO[Si](c2ccccc2)(c2ccccc2)C(C)(C)C)O[C@H]1n1ccc(=O)[nH]c1=O. The van der Waals surface area contributed by atoms with Crippen LogP contribution in [0.25, 0.3) is 0 Å². The maximum absolute atomic E-state index is 12.8. The van der Waals surface area contributed by atoms with Crippen LogP contribution in [-0.4, -0.2) is 56.2 Å². The van der Waals surface area contributed by atoms with Crippen molar-refractivity contribution in [2.45, 2.75) is 89.3 Å². The maximum Gasteiger partial charge on any atom is 0.330 e. The first-order valence-corrected chi connectivity index (χ1v) is 19.0. The molecule has 4 atom stereocenters. The van der Waals surface area contributed by atoms with Crippen molar-refractivity contribution < 1.29 is 18.7 Å². The molecule has 1 saturated heterocycles. The molecule has 2 aromatic carbocycles. The summed E-state index contributed by atoms with van der Waals surface area (Å²) in [5, 5.41) is 13.6. The van der Waals surface area contributed by atoms with Gasteiger partial charge in [-0.15, -0.1) is 0 Å². The van der Waals surface area contributed by atoms with E-state index in [0.717, 1.165) is 10.4 Å². The third-order valence-electron chi connectivity index (χ3n) is 8.56. The van der Waals surface area contributed by atoms with Crippen molar-refractivity contribution in [3.05, 3.63) is 93.8 Å². The van der Waals surface area contributed by atoms with E-state index in [4.69, 9.17) is 13.6 Å². The number of H-pyrrole nitrogens is 1. The molecule has 3 aromatic rings. The minimum absolute atomic E-state index is 0.0976. The van der Waals surface area contributed by atoms with Crippen molar-refractivity contribution in [3.63, 3.8) is 0 Å². The predicted molar refractivity (Wildman–Crippen MR) is 167 cm³/mol. The summed E-state index contributed by atoms with van der Waals surface area (Å²) in [4.78, 5) is 26.9. The Morgan fingerprint density at radius 2 is 1.41 bits per heavy atom. The topological polar surface area (TPSA) is 103 Å². The Morgan fingerprint density at radius 1 is 0.878 bits per heavy atom. The second-order valence-corrected chi connectivity index (χ2v) is 22.5. The zero-order valence-corrected chi connectivity index (χ0v) is 27.4. The molecule has 0 unspecified atom stereocenters. The number of nitrogens with one attached hydrogen (secondary N) is 1. The summed E-state index contributed by atoms with van der Waals surface area (Å²) >= 11 is 0. The van der Waals surface area contributed by atoms with Gasteiger partial charge in [0.25, 0.3) is 13.9 Å². The molecule has 4 rings (SSSR count). The number of ether oxygens (including phenoxy) is 1. The predicted octanol–water partition coefficient (Wildman–Crippen LogP) is 3.76. The first-order chi connectivity index (χ1) is 19.1. The van der Waals surface area contributed by atoms with E-state index >= 15 is 0 Å². The van der Waals surface area contributed by atoms with Gasteiger partial charge in [-0.3, -0.25) is 14.3 Å². The molecule has 2 heterocycles. The maximum atomic E-state index is 12.8. The van der Waals surface area contributed by atoms with Crippen molar-refractivity contribution in [2.75, 3.05) is 6.61 Å². The fourth-order valence-corrected chi connectivity index (χ4v) is 11.2. The zero-order chi connectivity index (χ0) is 30.2. The standard InChI is InChI=1S/C31H44N2O6Si2/c1-30(2,3)40(7,8)39-27-26(35)24(38-28(27)33-20-19-25(34)32-29(33)36)21-37-41(31(4,5)6,22-15-11-9-12-16-22)23-17-13-10-14-18-23/h9-20,24,26-28,35H,21H2,1-8H3,(H,32,34,36)/t24-,26-,27-,28-/m1/s1. The normalized spacial score (nSPS) is 22.2. The van der Waals surface area contributed by atoms with Crippen molar-refractivity contribution in [1.29, 1.82) is 0 Å². The fourth-order valence-electron chi connectivity index (χ4n) is 5.32. The van der Waals surface area contributed by atoms with E-state index in [2.05, 4.69) is 83.9 Å². The van der Waals surface area contributed by atoms with Crippen LogP contribution in [0.2, 0.25) is 23.2 Å². The lowest BCUT2D eigenvalue weighted by Crippen LogP contribution is -2.67. The molecule has 0 saturated carbocycles. The highest BCUT2D eigenvalue weighted by atomic mass is 28.4. The smallest absolute Gasteiger partial charge is 0.330 e. The molecule has 0 spiro atoms. The van der Waals surface area contributed by atoms with Crippen molar-refractivity contribution in [3.8, 4) is 0 Å². The quantitative estimate of drug-likeness (QED) is 0.384. The molecule has 0 amide bonds. The summed E-state index contributed by atoms with van der Waals surface area (Å²) in [5.41, 5.74) is -1.12. The molecule has 8 nitrogen and oxygen atoms in total. The van der Waals surface area contributed by atoms with Gasteiger partial charge in [0, 0.05) is 12.3 Å². The van der Waals surface area contributed by atoms with Crippen LogP contribution in [0.5, 0.6) is 0 Å². The van der Waals surface area contributed by atoms with E-state index in [1.165, 1.54) is 16.8 Å². The van der Waals surface area contributed by atoms with E-state index in [9.17, 15) is 14.7 Å². The van der Waals surface area contributed by atoms with Crippen LogP contribution in [-0.2, 0) is 13.6 Å². The molecule has 1 fully saturated rings. The summed E-state index contributed by atoms with van der Waals surface area (Å²) < 4.78 is 21.5.